The smallest absolute Gasteiger partial charge is 0.119 e. The van der Waals surface area contributed by atoms with E-state index < -0.39 is 0 Å². The van der Waals surface area contributed by atoms with Crippen molar-refractivity contribution in [2.75, 3.05) is 33.3 Å². The molecule has 108 valence electrons. The topological polar surface area (TPSA) is 24.5 Å². The zero-order chi connectivity index (χ0) is 14.1. The van der Waals surface area contributed by atoms with Gasteiger partial charge >= 0.3 is 0 Å². The van der Waals surface area contributed by atoms with Crippen molar-refractivity contribution in [2.45, 2.75) is 33.2 Å². The Hall–Kier alpha value is -1.06. The van der Waals surface area contributed by atoms with Crippen LogP contribution in [0, 0.1) is 0 Å². The van der Waals surface area contributed by atoms with Gasteiger partial charge in [-0.05, 0) is 43.8 Å². The van der Waals surface area contributed by atoms with E-state index >= 15 is 0 Å². The number of hydrogen-bond donors (Lipinski definition) is 1. The van der Waals surface area contributed by atoms with E-state index in [4.69, 9.17) is 4.74 Å². The predicted octanol–water partition coefficient (Wildman–Crippen LogP) is 3.08. The minimum absolute atomic E-state index is 0.367. The Morgan fingerprint density at radius 3 is 2.63 bits per heavy atom. The van der Waals surface area contributed by atoms with Gasteiger partial charge in [0.15, 0.2) is 0 Å². The Balaban J connectivity index is 2.79. The molecule has 0 aliphatic rings. The summed E-state index contributed by atoms with van der Waals surface area (Å²) in [6.07, 6.45) is 1.20. The zero-order valence-electron chi connectivity index (χ0n) is 12.8. The largest absolute Gasteiger partial charge is 0.497 e. The number of likely N-dealkylation sites (N-methyl/N-ethyl adjacent to an activating group) is 2. The molecule has 0 saturated heterocycles. The Morgan fingerprint density at radius 2 is 2.05 bits per heavy atom. The monoisotopic (exact) mass is 264 g/mol. The molecule has 0 aliphatic carbocycles. The molecule has 1 unspecified atom stereocenters. The molecule has 19 heavy (non-hydrogen) atoms. The highest BCUT2D eigenvalue weighted by Crippen LogP contribution is 2.20. The standard InChI is InChI=1S/C16H28N2O/c1-5-11-18(7-3)13-16(17-6-2)14-9-8-10-15(12-14)19-4/h8-10,12,16-17H,5-7,11,13H2,1-4H3. The first-order valence-corrected chi connectivity index (χ1v) is 7.34. The number of nitrogens with one attached hydrogen (secondary N) is 1. The van der Waals surface area contributed by atoms with Gasteiger partial charge in [-0.2, -0.15) is 0 Å². The second-order valence-corrected chi connectivity index (χ2v) is 4.78. The van der Waals surface area contributed by atoms with E-state index in [2.05, 4.69) is 49.2 Å². The maximum absolute atomic E-state index is 5.32. The van der Waals surface area contributed by atoms with Crippen LogP contribution in [0.3, 0.4) is 0 Å². The second kappa shape index (κ2) is 8.94. The summed E-state index contributed by atoms with van der Waals surface area (Å²) in [5.41, 5.74) is 1.30. The average Bonchev–Trinajstić information content (AvgIpc) is 2.46. The summed E-state index contributed by atoms with van der Waals surface area (Å²) in [7, 11) is 1.72. The first kappa shape index (κ1) is 16.0. The summed E-state index contributed by atoms with van der Waals surface area (Å²) in [5.74, 6) is 0.930. The molecule has 0 radical (unpaired) electrons. The SMILES string of the molecule is CCCN(CC)CC(NCC)c1cccc(OC)c1. The van der Waals surface area contributed by atoms with Gasteiger partial charge in [0.05, 0.1) is 7.11 Å². The molecule has 0 bridgehead atoms. The number of methoxy groups -OCH3 is 1. The van der Waals surface area contributed by atoms with Crippen molar-refractivity contribution in [3.8, 4) is 5.75 Å². The molecule has 1 atom stereocenters. The highest BCUT2D eigenvalue weighted by molar-refractivity contribution is 5.30. The van der Waals surface area contributed by atoms with Crippen LogP contribution in [-0.2, 0) is 0 Å². The van der Waals surface area contributed by atoms with Gasteiger partial charge < -0.3 is 15.0 Å². The maximum atomic E-state index is 5.32. The summed E-state index contributed by atoms with van der Waals surface area (Å²) < 4.78 is 5.32. The third kappa shape index (κ3) is 5.21. The molecule has 3 nitrogen and oxygen atoms in total. The molecule has 0 aromatic heterocycles. The molecule has 1 N–H and O–H groups in total. The van der Waals surface area contributed by atoms with E-state index in [0.717, 1.165) is 31.9 Å². The molecular weight excluding hydrogens is 236 g/mol. The molecule has 0 saturated carbocycles. The predicted molar refractivity (Wildman–Crippen MR) is 81.8 cm³/mol. The van der Waals surface area contributed by atoms with Gasteiger partial charge in [0.1, 0.15) is 5.75 Å². The van der Waals surface area contributed by atoms with Gasteiger partial charge in [-0.3, -0.25) is 0 Å². The first-order chi connectivity index (χ1) is 9.24. The molecule has 1 aromatic carbocycles. The van der Waals surface area contributed by atoms with Crippen LogP contribution < -0.4 is 10.1 Å². The van der Waals surface area contributed by atoms with Gasteiger partial charge in [-0.1, -0.05) is 32.9 Å². The highest BCUT2D eigenvalue weighted by atomic mass is 16.5. The number of benzene rings is 1. The fourth-order valence-corrected chi connectivity index (χ4v) is 2.35. The zero-order valence-corrected chi connectivity index (χ0v) is 12.8. The Morgan fingerprint density at radius 1 is 1.26 bits per heavy atom. The van der Waals surface area contributed by atoms with E-state index in [9.17, 15) is 0 Å². The quantitative estimate of drug-likeness (QED) is 0.742. The summed E-state index contributed by atoms with van der Waals surface area (Å²) >= 11 is 0. The maximum Gasteiger partial charge on any atom is 0.119 e. The van der Waals surface area contributed by atoms with E-state index in [1.165, 1.54) is 12.0 Å². The molecule has 3 heteroatoms. The van der Waals surface area contributed by atoms with E-state index in [1.54, 1.807) is 7.11 Å². The van der Waals surface area contributed by atoms with Crippen molar-refractivity contribution in [2.24, 2.45) is 0 Å². The van der Waals surface area contributed by atoms with Crippen molar-refractivity contribution < 1.29 is 4.74 Å². The average molecular weight is 264 g/mol. The lowest BCUT2D eigenvalue weighted by Gasteiger charge is -2.27. The summed E-state index contributed by atoms with van der Waals surface area (Å²) in [6, 6.07) is 8.74. The molecular formula is C16H28N2O. The minimum Gasteiger partial charge on any atom is -0.497 e. The van der Waals surface area contributed by atoms with Gasteiger partial charge in [-0.25, -0.2) is 0 Å². The Kier molecular flexibility index (Phi) is 7.53. The fraction of sp³-hybridized carbons (Fsp3) is 0.625. The van der Waals surface area contributed by atoms with Crippen LogP contribution in [0.15, 0.2) is 24.3 Å². The van der Waals surface area contributed by atoms with Crippen molar-refractivity contribution in [1.29, 1.82) is 0 Å². The highest BCUT2D eigenvalue weighted by Gasteiger charge is 2.14. The number of nitrogens with zero attached hydrogens (tertiary/aromatic N) is 1. The molecule has 0 fully saturated rings. The Labute approximate surface area is 118 Å². The minimum atomic E-state index is 0.367. The van der Waals surface area contributed by atoms with Crippen LogP contribution in [0.25, 0.3) is 0 Å². The van der Waals surface area contributed by atoms with Gasteiger partial charge in [0, 0.05) is 12.6 Å². The van der Waals surface area contributed by atoms with Crippen LogP contribution in [-0.4, -0.2) is 38.2 Å². The van der Waals surface area contributed by atoms with Crippen molar-refractivity contribution in [1.82, 2.24) is 10.2 Å². The van der Waals surface area contributed by atoms with Gasteiger partial charge in [-0.15, -0.1) is 0 Å². The van der Waals surface area contributed by atoms with Crippen LogP contribution in [0.4, 0.5) is 0 Å². The van der Waals surface area contributed by atoms with Crippen molar-refractivity contribution in [3.63, 3.8) is 0 Å². The lowest BCUT2D eigenvalue weighted by molar-refractivity contribution is 0.255. The molecule has 0 heterocycles. The summed E-state index contributed by atoms with van der Waals surface area (Å²) in [4.78, 5) is 2.49. The van der Waals surface area contributed by atoms with Crippen molar-refractivity contribution >= 4 is 0 Å². The Bertz CT molecular complexity index is 354. The van der Waals surface area contributed by atoms with E-state index in [-0.39, 0.29) is 0 Å². The lowest BCUT2D eigenvalue weighted by Crippen LogP contribution is -2.35. The normalized spacial score (nSPS) is 12.7. The lowest BCUT2D eigenvalue weighted by atomic mass is 10.1. The number of rotatable bonds is 9. The van der Waals surface area contributed by atoms with Crippen LogP contribution in [0.1, 0.15) is 38.8 Å². The molecule has 0 amide bonds. The number of hydrogen-bond acceptors (Lipinski definition) is 3. The molecule has 0 spiro atoms. The molecule has 1 rings (SSSR count). The van der Waals surface area contributed by atoms with Crippen LogP contribution >= 0.6 is 0 Å². The van der Waals surface area contributed by atoms with E-state index in [1.807, 2.05) is 6.07 Å². The summed E-state index contributed by atoms with van der Waals surface area (Å²) in [5, 5.41) is 3.58. The second-order valence-electron chi connectivity index (χ2n) is 4.78. The third-order valence-electron chi connectivity index (χ3n) is 3.37. The third-order valence-corrected chi connectivity index (χ3v) is 3.37. The van der Waals surface area contributed by atoms with Crippen LogP contribution in [0.5, 0.6) is 5.75 Å². The molecule has 1 aromatic rings. The van der Waals surface area contributed by atoms with Crippen molar-refractivity contribution in [3.05, 3.63) is 29.8 Å². The van der Waals surface area contributed by atoms with Gasteiger partial charge in [0.2, 0.25) is 0 Å². The van der Waals surface area contributed by atoms with Crippen LogP contribution in [0.2, 0.25) is 0 Å². The number of ether oxygens (including phenoxy) is 1. The molecule has 0 aliphatic heterocycles. The summed E-state index contributed by atoms with van der Waals surface area (Å²) in [6.45, 7) is 10.9. The van der Waals surface area contributed by atoms with E-state index in [0.29, 0.717) is 6.04 Å². The fourth-order valence-electron chi connectivity index (χ4n) is 2.35. The van der Waals surface area contributed by atoms with Gasteiger partial charge in [0.25, 0.3) is 0 Å². The first-order valence-electron chi connectivity index (χ1n) is 7.34.